The number of fused-ring (bicyclic) bond motifs is 1. The quantitative estimate of drug-likeness (QED) is 0.384. The number of aromatic hydroxyl groups is 1. The SMILES string of the molecule is O=C1OC(=O)Oc2cc(O)ccc2O1. The molecule has 0 saturated carbocycles. The maximum Gasteiger partial charge on any atom is 0.524 e. The summed E-state index contributed by atoms with van der Waals surface area (Å²) >= 11 is 0. The second-order valence-corrected chi connectivity index (χ2v) is 2.44. The third-order valence-corrected chi connectivity index (χ3v) is 1.48. The molecule has 1 aliphatic rings. The van der Waals surface area contributed by atoms with E-state index in [0.29, 0.717) is 0 Å². The summed E-state index contributed by atoms with van der Waals surface area (Å²) in [6, 6.07) is 3.70. The second kappa shape index (κ2) is 2.91. The van der Waals surface area contributed by atoms with E-state index in [2.05, 4.69) is 14.2 Å². The molecule has 6 nitrogen and oxygen atoms in total. The Morgan fingerprint density at radius 1 is 0.929 bits per heavy atom. The number of phenols is 1. The molecule has 6 heteroatoms. The molecule has 0 bridgehead atoms. The third kappa shape index (κ3) is 1.45. The Balaban J connectivity index is 2.46. The van der Waals surface area contributed by atoms with Gasteiger partial charge in [0.15, 0.2) is 11.5 Å². The summed E-state index contributed by atoms with van der Waals surface area (Å²) in [4.78, 5) is 21.5. The van der Waals surface area contributed by atoms with E-state index in [-0.39, 0.29) is 17.2 Å². The summed E-state index contributed by atoms with van der Waals surface area (Å²) in [5, 5.41) is 9.06. The van der Waals surface area contributed by atoms with Gasteiger partial charge in [-0.2, -0.15) is 0 Å². The summed E-state index contributed by atoms with van der Waals surface area (Å²) in [5.41, 5.74) is 0. The van der Waals surface area contributed by atoms with Crippen molar-refractivity contribution in [3.05, 3.63) is 18.2 Å². The minimum Gasteiger partial charge on any atom is -0.508 e. The Morgan fingerprint density at radius 2 is 1.57 bits per heavy atom. The number of ether oxygens (including phenoxy) is 3. The highest BCUT2D eigenvalue weighted by Crippen LogP contribution is 2.32. The topological polar surface area (TPSA) is 82.1 Å². The van der Waals surface area contributed by atoms with Crippen LogP contribution in [0.2, 0.25) is 0 Å². The van der Waals surface area contributed by atoms with Crippen molar-refractivity contribution in [2.45, 2.75) is 0 Å². The molecule has 0 spiro atoms. The molecule has 1 heterocycles. The van der Waals surface area contributed by atoms with Gasteiger partial charge in [-0.05, 0) is 12.1 Å². The molecule has 0 radical (unpaired) electrons. The molecule has 0 aromatic heterocycles. The lowest BCUT2D eigenvalue weighted by Gasteiger charge is -2.01. The maximum atomic E-state index is 10.7. The van der Waals surface area contributed by atoms with E-state index in [4.69, 9.17) is 5.11 Å². The van der Waals surface area contributed by atoms with Crippen LogP contribution in [-0.2, 0) is 4.74 Å². The van der Waals surface area contributed by atoms with Crippen molar-refractivity contribution in [2.24, 2.45) is 0 Å². The molecule has 1 aromatic carbocycles. The average Bonchev–Trinajstić information content (AvgIpc) is 2.21. The van der Waals surface area contributed by atoms with Gasteiger partial charge in [-0.3, -0.25) is 0 Å². The van der Waals surface area contributed by atoms with Crippen LogP contribution < -0.4 is 9.47 Å². The Hall–Kier alpha value is -2.24. The predicted octanol–water partition coefficient (Wildman–Crippen LogP) is 1.42. The zero-order valence-corrected chi connectivity index (χ0v) is 6.72. The van der Waals surface area contributed by atoms with Crippen molar-refractivity contribution in [1.29, 1.82) is 0 Å². The largest absolute Gasteiger partial charge is 0.524 e. The molecule has 0 unspecified atom stereocenters. The summed E-state index contributed by atoms with van der Waals surface area (Å²) in [6.07, 6.45) is -2.36. The van der Waals surface area contributed by atoms with E-state index in [1.54, 1.807) is 0 Å². The van der Waals surface area contributed by atoms with Crippen LogP contribution in [0.5, 0.6) is 17.2 Å². The molecule has 0 atom stereocenters. The fourth-order valence-corrected chi connectivity index (χ4v) is 0.950. The number of hydrogen-bond donors (Lipinski definition) is 1. The number of rotatable bonds is 0. The van der Waals surface area contributed by atoms with Crippen LogP contribution in [0.3, 0.4) is 0 Å². The van der Waals surface area contributed by atoms with Crippen molar-refractivity contribution in [3.8, 4) is 17.2 Å². The van der Waals surface area contributed by atoms with E-state index in [1.807, 2.05) is 0 Å². The van der Waals surface area contributed by atoms with E-state index < -0.39 is 12.3 Å². The molecular weight excluding hydrogens is 192 g/mol. The Morgan fingerprint density at radius 3 is 2.29 bits per heavy atom. The third-order valence-electron chi connectivity index (χ3n) is 1.48. The summed E-state index contributed by atoms with van der Waals surface area (Å²) in [6.45, 7) is 0. The van der Waals surface area contributed by atoms with Crippen LogP contribution in [0, 0.1) is 0 Å². The monoisotopic (exact) mass is 196 g/mol. The molecule has 1 N–H and O–H groups in total. The van der Waals surface area contributed by atoms with Gasteiger partial charge in [0.25, 0.3) is 0 Å². The average molecular weight is 196 g/mol. The molecule has 0 aliphatic carbocycles. The predicted molar refractivity (Wildman–Crippen MR) is 41.2 cm³/mol. The van der Waals surface area contributed by atoms with Crippen LogP contribution >= 0.6 is 0 Å². The molecule has 14 heavy (non-hydrogen) atoms. The van der Waals surface area contributed by atoms with Crippen molar-refractivity contribution >= 4 is 12.3 Å². The highest BCUT2D eigenvalue weighted by atomic mass is 16.8. The molecular formula is C8H4O6. The van der Waals surface area contributed by atoms with Crippen molar-refractivity contribution in [1.82, 2.24) is 0 Å². The van der Waals surface area contributed by atoms with Crippen molar-refractivity contribution in [3.63, 3.8) is 0 Å². The van der Waals surface area contributed by atoms with E-state index >= 15 is 0 Å². The van der Waals surface area contributed by atoms with E-state index in [0.717, 1.165) is 6.07 Å². The second-order valence-electron chi connectivity index (χ2n) is 2.44. The number of benzene rings is 1. The highest BCUT2D eigenvalue weighted by molar-refractivity contribution is 5.82. The first-order valence-corrected chi connectivity index (χ1v) is 3.59. The molecule has 0 saturated heterocycles. The van der Waals surface area contributed by atoms with Crippen LogP contribution in [0.15, 0.2) is 18.2 Å². The zero-order valence-electron chi connectivity index (χ0n) is 6.72. The number of carbonyl (C=O) groups excluding carboxylic acids is 2. The smallest absolute Gasteiger partial charge is 0.508 e. The number of cyclic esters (lactones) is 2. The van der Waals surface area contributed by atoms with Gasteiger partial charge >= 0.3 is 12.3 Å². The molecule has 0 fully saturated rings. The minimum absolute atomic E-state index is 0.0126. The van der Waals surface area contributed by atoms with Crippen molar-refractivity contribution in [2.75, 3.05) is 0 Å². The molecule has 1 aromatic rings. The van der Waals surface area contributed by atoms with Crippen LogP contribution in [-0.4, -0.2) is 17.4 Å². The minimum atomic E-state index is -1.20. The number of carbonyl (C=O) groups is 2. The van der Waals surface area contributed by atoms with Crippen LogP contribution in [0.25, 0.3) is 0 Å². The zero-order chi connectivity index (χ0) is 10.1. The highest BCUT2D eigenvalue weighted by Gasteiger charge is 2.23. The molecule has 0 amide bonds. The Labute approximate surface area is 77.6 Å². The lowest BCUT2D eigenvalue weighted by atomic mass is 10.3. The fourth-order valence-electron chi connectivity index (χ4n) is 0.950. The normalized spacial score (nSPS) is 14.6. The first-order valence-electron chi connectivity index (χ1n) is 3.59. The summed E-state index contributed by atoms with van der Waals surface area (Å²) in [7, 11) is 0. The van der Waals surface area contributed by atoms with Gasteiger partial charge in [0, 0.05) is 6.07 Å². The first kappa shape index (κ1) is 8.36. The van der Waals surface area contributed by atoms with Gasteiger partial charge in [-0.15, -0.1) is 0 Å². The lowest BCUT2D eigenvalue weighted by Crippen LogP contribution is -2.14. The maximum absolute atomic E-state index is 10.7. The van der Waals surface area contributed by atoms with Crippen molar-refractivity contribution < 1.29 is 28.9 Å². The fraction of sp³-hybridized carbons (Fsp3) is 0. The van der Waals surface area contributed by atoms with Gasteiger partial charge < -0.3 is 19.3 Å². The van der Waals surface area contributed by atoms with Gasteiger partial charge in [-0.25, -0.2) is 9.59 Å². The van der Waals surface area contributed by atoms with Crippen LogP contribution in [0.4, 0.5) is 9.59 Å². The van der Waals surface area contributed by atoms with Crippen LogP contribution in [0.1, 0.15) is 0 Å². The number of hydrogen-bond acceptors (Lipinski definition) is 6. The van der Waals surface area contributed by atoms with Gasteiger partial charge in [0.05, 0.1) is 0 Å². The summed E-state index contributed by atoms with van der Waals surface area (Å²) in [5.74, 6) is -0.172. The number of phenolic OH excluding ortho intramolecular Hbond substituents is 1. The Kier molecular flexibility index (Phi) is 1.74. The molecule has 72 valence electrons. The van der Waals surface area contributed by atoms with E-state index in [9.17, 15) is 9.59 Å². The standard InChI is InChI=1S/C8H4O6/c9-4-1-2-5-6(3-4)13-8(11)14-7(10)12-5/h1-3,9H. The first-order chi connectivity index (χ1) is 6.65. The van der Waals surface area contributed by atoms with Gasteiger partial charge in [0.1, 0.15) is 5.75 Å². The van der Waals surface area contributed by atoms with Gasteiger partial charge in [0.2, 0.25) is 0 Å². The summed E-state index contributed by atoms with van der Waals surface area (Å²) < 4.78 is 13.1. The van der Waals surface area contributed by atoms with E-state index in [1.165, 1.54) is 12.1 Å². The molecule has 1 aliphatic heterocycles. The molecule has 2 rings (SSSR count). The Bertz CT molecular complexity index is 410. The van der Waals surface area contributed by atoms with Gasteiger partial charge in [-0.1, -0.05) is 0 Å². The lowest BCUT2D eigenvalue weighted by molar-refractivity contribution is 0.0998.